The Kier molecular flexibility index (Phi) is 8.07. The number of carbonyl (C=O) groups is 1. The van der Waals surface area contributed by atoms with Gasteiger partial charge >= 0.3 is 0 Å². The maximum absolute atomic E-state index is 15.3. The Morgan fingerprint density at radius 2 is 1.94 bits per heavy atom. The van der Waals surface area contributed by atoms with E-state index in [2.05, 4.69) is 6.07 Å². The number of methoxy groups -OCH3 is 1. The second-order valence-corrected chi connectivity index (χ2v) is 9.22. The molecule has 0 radical (unpaired) electrons. The number of aryl methyl sites for hydroxylation is 2. The summed E-state index contributed by atoms with van der Waals surface area (Å²) in [5.41, 5.74) is 2.74. The van der Waals surface area contributed by atoms with Gasteiger partial charge in [0.25, 0.3) is 0 Å². The Labute approximate surface area is 191 Å². The minimum absolute atomic E-state index is 0.0187. The van der Waals surface area contributed by atoms with E-state index in [9.17, 15) is 9.90 Å². The van der Waals surface area contributed by atoms with Crippen molar-refractivity contribution in [2.24, 2.45) is 5.92 Å². The third kappa shape index (κ3) is 5.38. The second kappa shape index (κ2) is 10.6. The van der Waals surface area contributed by atoms with Crippen LogP contribution in [0.5, 0.6) is 0 Å². The number of aliphatic hydroxyl groups is 1. The monoisotopic (exact) mass is 441 g/mol. The van der Waals surface area contributed by atoms with Crippen molar-refractivity contribution >= 4 is 5.91 Å². The van der Waals surface area contributed by atoms with Crippen LogP contribution in [0, 0.1) is 25.6 Å². The normalized spacial score (nSPS) is 18.4. The van der Waals surface area contributed by atoms with Crippen molar-refractivity contribution in [3.05, 3.63) is 58.9 Å². The molecule has 1 saturated heterocycles. The lowest BCUT2D eigenvalue weighted by Crippen LogP contribution is -2.47. The summed E-state index contributed by atoms with van der Waals surface area (Å²) in [6.07, 6.45) is 3.69. The molecule has 1 amide bonds. The molecule has 1 fully saturated rings. The van der Waals surface area contributed by atoms with Crippen LogP contribution in [-0.2, 0) is 15.1 Å². The highest BCUT2D eigenvalue weighted by Crippen LogP contribution is 2.44. The molecule has 0 spiro atoms. The minimum atomic E-state index is -1.24. The van der Waals surface area contributed by atoms with E-state index in [1.165, 1.54) is 6.07 Å². The highest BCUT2D eigenvalue weighted by molar-refractivity contribution is 5.73. The third-order valence-corrected chi connectivity index (χ3v) is 6.69. The summed E-state index contributed by atoms with van der Waals surface area (Å²) in [7, 11) is 1.67. The lowest BCUT2D eigenvalue weighted by Gasteiger charge is -2.43. The standard InChI is InChI=1S/C27H36FNO3/c1-19-15-20(2)17-22(16-19)26-24(10-7-11-25(26)28)27(31,12-5-6-14-32-4)23-9-8-13-29(18-23)21(3)30/h7,10-11,15-17,23,31H,5-6,8-9,12-14,18H2,1-4H3/t23-,27+/m1/s1. The van der Waals surface area contributed by atoms with Crippen LogP contribution in [0.4, 0.5) is 4.39 Å². The SMILES string of the molecule is COCCCC[C@@](O)(c1cccc(F)c1-c1cc(C)cc(C)c1)[C@@H]1CCCN(C(C)=O)C1. The number of hydrogen-bond acceptors (Lipinski definition) is 3. The molecular weight excluding hydrogens is 405 g/mol. The van der Waals surface area contributed by atoms with Crippen LogP contribution in [0.25, 0.3) is 11.1 Å². The zero-order chi connectivity index (χ0) is 23.3. The maximum atomic E-state index is 15.3. The molecule has 1 N–H and O–H groups in total. The highest BCUT2D eigenvalue weighted by Gasteiger charge is 2.42. The number of halogens is 1. The van der Waals surface area contributed by atoms with Gasteiger partial charge in [0.15, 0.2) is 0 Å². The van der Waals surface area contributed by atoms with Gasteiger partial charge in [0.2, 0.25) is 5.91 Å². The summed E-state index contributed by atoms with van der Waals surface area (Å²) in [6.45, 7) is 7.38. The fourth-order valence-electron chi connectivity index (χ4n) is 5.15. The van der Waals surface area contributed by atoms with E-state index in [4.69, 9.17) is 4.74 Å². The Morgan fingerprint density at radius 3 is 2.59 bits per heavy atom. The summed E-state index contributed by atoms with van der Waals surface area (Å²) in [5, 5.41) is 12.3. The summed E-state index contributed by atoms with van der Waals surface area (Å²) in [5.74, 6) is -0.471. The zero-order valence-electron chi connectivity index (χ0n) is 19.8. The summed E-state index contributed by atoms with van der Waals surface area (Å²) in [4.78, 5) is 13.9. The van der Waals surface area contributed by atoms with Crippen molar-refractivity contribution in [2.45, 2.75) is 58.5 Å². The van der Waals surface area contributed by atoms with Gasteiger partial charge in [0, 0.05) is 45.2 Å². The molecule has 1 aliphatic heterocycles. The molecule has 174 valence electrons. The van der Waals surface area contributed by atoms with Gasteiger partial charge in [-0.1, -0.05) is 41.5 Å². The Bertz CT molecular complexity index is 924. The van der Waals surface area contributed by atoms with E-state index in [0.717, 1.165) is 42.4 Å². The quantitative estimate of drug-likeness (QED) is 0.560. The molecule has 2 aromatic carbocycles. The molecule has 1 heterocycles. The highest BCUT2D eigenvalue weighted by atomic mass is 19.1. The van der Waals surface area contributed by atoms with Crippen molar-refractivity contribution in [3.63, 3.8) is 0 Å². The van der Waals surface area contributed by atoms with Gasteiger partial charge in [0.05, 0.1) is 5.60 Å². The Hall–Kier alpha value is -2.24. The number of carbonyl (C=O) groups excluding carboxylic acids is 1. The van der Waals surface area contributed by atoms with Crippen molar-refractivity contribution in [3.8, 4) is 11.1 Å². The van der Waals surface area contributed by atoms with Crippen LogP contribution in [0.3, 0.4) is 0 Å². The second-order valence-electron chi connectivity index (χ2n) is 9.22. The minimum Gasteiger partial charge on any atom is -0.385 e. The first kappa shape index (κ1) is 24.4. The first-order valence-electron chi connectivity index (χ1n) is 11.6. The van der Waals surface area contributed by atoms with Crippen molar-refractivity contribution < 1.29 is 19.0 Å². The van der Waals surface area contributed by atoms with Gasteiger partial charge in [-0.15, -0.1) is 0 Å². The Morgan fingerprint density at radius 1 is 1.22 bits per heavy atom. The predicted octanol–water partition coefficient (Wildman–Crippen LogP) is 5.37. The number of amides is 1. The van der Waals surface area contributed by atoms with Gasteiger partial charge in [-0.25, -0.2) is 4.39 Å². The molecule has 0 aliphatic carbocycles. The number of rotatable bonds is 8. The van der Waals surface area contributed by atoms with Crippen LogP contribution < -0.4 is 0 Å². The topological polar surface area (TPSA) is 49.8 Å². The van der Waals surface area contributed by atoms with Crippen LogP contribution >= 0.6 is 0 Å². The average Bonchev–Trinajstić information content (AvgIpc) is 2.75. The zero-order valence-corrected chi connectivity index (χ0v) is 19.8. The molecule has 0 aromatic heterocycles. The maximum Gasteiger partial charge on any atom is 0.219 e. The van der Waals surface area contributed by atoms with Crippen molar-refractivity contribution in [1.82, 2.24) is 4.90 Å². The van der Waals surface area contributed by atoms with E-state index in [0.29, 0.717) is 37.2 Å². The first-order valence-corrected chi connectivity index (χ1v) is 11.6. The number of ether oxygens (including phenoxy) is 1. The van der Waals surface area contributed by atoms with Gasteiger partial charge in [0.1, 0.15) is 5.82 Å². The molecule has 32 heavy (non-hydrogen) atoms. The van der Waals surface area contributed by atoms with Crippen LogP contribution in [0.2, 0.25) is 0 Å². The van der Waals surface area contributed by atoms with E-state index < -0.39 is 5.60 Å². The van der Waals surface area contributed by atoms with E-state index >= 15 is 4.39 Å². The molecule has 4 nitrogen and oxygen atoms in total. The molecule has 0 bridgehead atoms. The number of likely N-dealkylation sites (tertiary alicyclic amines) is 1. The average molecular weight is 442 g/mol. The molecule has 3 rings (SSSR count). The van der Waals surface area contributed by atoms with Gasteiger partial charge < -0.3 is 14.7 Å². The molecule has 1 aliphatic rings. The fraction of sp³-hybridized carbons (Fsp3) is 0.519. The Balaban J connectivity index is 2.10. The van der Waals surface area contributed by atoms with Gasteiger partial charge in [-0.2, -0.15) is 0 Å². The lowest BCUT2D eigenvalue weighted by molar-refractivity contribution is -0.134. The van der Waals surface area contributed by atoms with Crippen LogP contribution in [0.15, 0.2) is 36.4 Å². The predicted molar refractivity (Wildman–Crippen MR) is 126 cm³/mol. The van der Waals surface area contributed by atoms with Crippen molar-refractivity contribution in [2.75, 3.05) is 26.8 Å². The summed E-state index contributed by atoms with van der Waals surface area (Å²) >= 11 is 0. The smallest absolute Gasteiger partial charge is 0.219 e. The van der Waals surface area contributed by atoms with Gasteiger partial charge in [-0.3, -0.25) is 4.79 Å². The van der Waals surface area contributed by atoms with Gasteiger partial charge in [-0.05, 0) is 63.1 Å². The summed E-state index contributed by atoms with van der Waals surface area (Å²) in [6, 6.07) is 11.0. The lowest BCUT2D eigenvalue weighted by atomic mass is 9.72. The van der Waals surface area contributed by atoms with E-state index in [1.807, 2.05) is 36.9 Å². The number of benzene rings is 2. The van der Waals surface area contributed by atoms with Crippen LogP contribution in [0.1, 0.15) is 55.7 Å². The number of nitrogens with zero attached hydrogens (tertiary/aromatic N) is 1. The van der Waals surface area contributed by atoms with E-state index in [1.54, 1.807) is 20.1 Å². The largest absolute Gasteiger partial charge is 0.385 e. The third-order valence-electron chi connectivity index (χ3n) is 6.69. The molecule has 2 atom stereocenters. The molecule has 0 unspecified atom stereocenters. The van der Waals surface area contributed by atoms with E-state index in [-0.39, 0.29) is 17.6 Å². The molecule has 2 aromatic rings. The molecule has 5 heteroatoms. The number of hydrogen-bond donors (Lipinski definition) is 1. The van der Waals surface area contributed by atoms with Crippen molar-refractivity contribution in [1.29, 1.82) is 0 Å². The molecular formula is C27H36FNO3. The first-order chi connectivity index (χ1) is 15.3. The fourth-order valence-corrected chi connectivity index (χ4v) is 5.15. The number of unbranched alkanes of at least 4 members (excludes halogenated alkanes) is 1. The van der Waals surface area contributed by atoms with Crippen LogP contribution in [-0.4, -0.2) is 42.7 Å². The number of piperidine rings is 1. The summed E-state index contributed by atoms with van der Waals surface area (Å²) < 4.78 is 20.5. The molecule has 0 saturated carbocycles.